The van der Waals surface area contributed by atoms with E-state index >= 15 is 0 Å². The maximum absolute atomic E-state index is 12.9. The molecule has 0 bridgehead atoms. The maximum atomic E-state index is 12.9. The highest BCUT2D eigenvalue weighted by Crippen LogP contribution is 2.36. The summed E-state index contributed by atoms with van der Waals surface area (Å²) in [6.07, 6.45) is -3.60. The van der Waals surface area contributed by atoms with E-state index in [2.05, 4.69) is 15.4 Å². The molecule has 2 N–H and O–H groups in total. The van der Waals surface area contributed by atoms with Crippen molar-refractivity contribution in [2.24, 2.45) is 0 Å². The summed E-state index contributed by atoms with van der Waals surface area (Å²) in [5, 5.41) is 13.5. The molecule has 1 amide bonds. The van der Waals surface area contributed by atoms with Crippen LogP contribution in [0.15, 0.2) is 54.2 Å². The van der Waals surface area contributed by atoms with E-state index in [1.54, 1.807) is 6.07 Å². The number of methoxy groups -OCH3 is 1. The fraction of sp³-hybridized carbons (Fsp3) is 0.105. The molecule has 150 valence electrons. The second-order valence-corrected chi connectivity index (χ2v) is 5.94. The summed E-state index contributed by atoms with van der Waals surface area (Å²) in [4.78, 5) is 23.6. The second kappa shape index (κ2) is 9.12. The zero-order chi connectivity index (χ0) is 21.6. The Morgan fingerprint density at radius 3 is 2.31 bits per heavy atom. The van der Waals surface area contributed by atoms with Crippen LogP contribution in [0.25, 0.3) is 0 Å². The SMILES string of the molecule is COC(=O)c1ccc(N/C=C(/C#N)C(=O)Nc2ccc(Cl)c(C(F)(F)F)c2)cc1. The number of carbonyl (C=O) groups excluding carboxylic acids is 2. The first-order valence-corrected chi connectivity index (χ1v) is 8.26. The molecule has 0 atom stereocenters. The Balaban J connectivity index is 2.13. The number of amides is 1. The summed E-state index contributed by atoms with van der Waals surface area (Å²) in [5.74, 6) is -1.44. The number of halogens is 4. The van der Waals surface area contributed by atoms with E-state index in [4.69, 9.17) is 16.9 Å². The molecule has 0 aromatic heterocycles. The van der Waals surface area contributed by atoms with Gasteiger partial charge in [-0.3, -0.25) is 4.79 Å². The monoisotopic (exact) mass is 423 g/mol. The Bertz CT molecular complexity index is 996. The molecule has 2 rings (SSSR count). The molecule has 0 fully saturated rings. The van der Waals surface area contributed by atoms with E-state index in [0.717, 1.165) is 12.3 Å². The van der Waals surface area contributed by atoms with Crippen molar-refractivity contribution in [2.45, 2.75) is 6.18 Å². The standard InChI is InChI=1S/C19H13ClF3N3O3/c1-29-18(28)11-2-4-13(5-3-11)25-10-12(9-24)17(27)26-14-6-7-16(20)15(8-14)19(21,22)23/h2-8,10,25H,1H3,(H,26,27)/b12-10-. The lowest BCUT2D eigenvalue weighted by Gasteiger charge is -2.11. The number of carbonyl (C=O) groups is 2. The van der Waals surface area contributed by atoms with Crippen LogP contribution in [0.3, 0.4) is 0 Å². The molecule has 0 unspecified atom stereocenters. The Morgan fingerprint density at radius 1 is 1.14 bits per heavy atom. The lowest BCUT2D eigenvalue weighted by Crippen LogP contribution is -2.15. The van der Waals surface area contributed by atoms with E-state index in [1.165, 1.54) is 37.4 Å². The molecule has 29 heavy (non-hydrogen) atoms. The van der Waals surface area contributed by atoms with Crippen LogP contribution >= 0.6 is 11.6 Å². The van der Waals surface area contributed by atoms with E-state index in [0.29, 0.717) is 17.3 Å². The highest BCUT2D eigenvalue weighted by molar-refractivity contribution is 6.31. The largest absolute Gasteiger partial charge is 0.465 e. The van der Waals surface area contributed by atoms with Gasteiger partial charge in [0.15, 0.2) is 0 Å². The number of nitrogens with zero attached hydrogens (tertiary/aromatic N) is 1. The number of hydrogen-bond acceptors (Lipinski definition) is 5. The number of hydrogen-bond donors (Lipinski definition) is 2. The van der Waals surface area contributed by atoms with Gasteiger partial charge in [0.05, 0.1) is 23.3 Å². The van der Waals surface area contributed by atoms with Crippen molar-refractivity contribution in [2.75, 3.05) is 17.7 Å². The zero-order valence-electron chi connectivity index (χ0n) is 14.8. The lowest BCUT2D eigenvalue weighted by molar-refractivity contribution is -0.137. The molecule has 2 aromatic rings. The number of esters is 1. The first-order valence-electron chi connectivity index (χ1n) is 7.89. The molecular weight excluding hydrogens is 411 g/mol. The summed E-state index contributed by atoms with van der Waals surface area (Å²) in [5.41, 5.74) is -0.892. The Labute approximate surface area is 168 Å². The molecule has 0 aliphatic carbocycles. The molecule has 0 aliphatic rings. The number of alkyl halides is 3. The highest BCUT2D eigenvalue weighted by Gasteiger charge is 2.33. The van der Waals surface area contributed by atoms with Gasteiger partial charge in [-0.25, -0.2) is 4.79 Å². The second-order valence-electron chi connectivity index (χ2n) is 5.53. The van der Waals surface area contributed by atoms with Crippen LogP contribution in [-0.2, 0) is 15.7 Å². The molecule has 6 nitrogen and oxygen atoms in total. The highest BCUT2D eigenvalue weighted by atomic mass is 35.5. The summed E-state index contributed by atoms with van der Waals surface area (Å²) in [7, 11) is 1.24. The Morgan fingerprint density at radius 2 is 1.76 bits per heavy atom. The van der Waals surface area contributed by atoms with Crippen LogP contribution < -0.4 is 10.6 Å². The minimum Gasteiger partial charge on any atom is -0.465 e. The molecule has 2 aromatic carbocycles. The number of ether oxygens (including phenoxy) is 1. The fourth-order valence-corrected chi connectivity index (χ4v) is 2.37. The summed E-state index contributed by atoms with van der Waals surface area (Å²) < 4.78 is 43.3. The summed E-state index contributed by atoms with van der Waals surface area (Å²) >= 11 is 5.53. The van der Waals surface area contributed by atoms with E-state index in [1.807, 2.05) is 0 Å². The predicted molar refractivity (Wildman–Crippen MR) is 100 cm³/mol. The third-order valence-corrected chi connectivity index (χ3v) is 3.91. The van der Waals surface area contributed by atoms with Crippen LogP contribution in [0.1, 0.15) is 15.9 Å². The molecule has 0 aliphatic heterocycles. The van der Waals surface area contributed by atoms with Gasteiger partial charge in [0.25, 0.3) is 5.91 Å². The molecule has 0 saturated heterocycles. The average Bonchev–Trinajstić information content (AvgIpc) is 2.69. The first kappa shape index (κ1) is 21.8. The molecular formula is C19H13ClF3N3O3. The molecule has 10 heteroatoms. The van der Waals surface area contributed by atoms with Gasteiger partial charge < -0.3 is 15.4 Å². The Kier molecular flexibility index (Phi) is 6.85. The normalized spacial score (nSPS) is 11.4. The predicted octanol–water partition coefficient (Wildman–Crippen LogP) is 4.60. The summed E-state index contributed by atoms with van der Waals surface area (Å²) in [6, 6.07) is 10.5. The van der Waals surface area contributed by atoms with Gasteiger partial charge in [0.2, 0.25) is 0 Å². The van der Waals surface area contributed by atoms with Gasteiger partial charge in [0, 0.05) is 17.6 Å². The van der Waals surface area contributed by atoms with Crippen LogP contribution in [0.2, 0.25) is 5.02 Å². The van der Waals surface area contributed by atoms with Gasteiger partial charge >= 0.3 is 12.1 Å². The van der Waals surface area contributed by atoms with Gasteiger partial charge in [-0.05, 0) is 42.5 Å². The van der Waals surface area contributed by atoms with Crippen molar-refractivity contribution >= 4 is 34.9 Å². The van der Waals surface area contributed by atoms with Crippen molar-refractivity contribution in [3.8, 4) is 6.07 Å². The van der Waals surface area contributed by atoms with Crippen LogP contribution in [0, 0.1) is 11.3 Å². The van der Waals surface area contributed by atoms with Crippen molar-refractivity contribution < 1.29 is 27.5 Å². The number of nitriles is 1. The number of anilines is 2. The van der Waals surface area contributed by atoms with Crippen LogP contribution in [0.4, 0.5) is 24.5 Å². The molecule has 0 radical (unpaired) electrons. The third kappa shape index (κ3) is 5.73. The van der Waals surface area contributed by atoms with Gasteiger partial charge in [-0.1, -0.05) is 11.6 Å². The van der Waals surface area contributed by atoms with E-state index in [-0.39, 0.29) is 11.3 Å². The Hall–Kier alpha value is -3.51. The fourth-order valence-electron chi connectivity index (χ4n) is 2.14. The maximum Gasteiger partial charge on any atom is 0.417 e. The van der Waals surface area contributed by atoms with Gasteiger partial charge in [0.1, 0.15) is 11.6 Å². The van der Waals surface area contributed by atoms with E-state index in [9.17, 15) is 22.8 Å². The van der Waals surface area contributed by atoms with Crippen LogP contribution in [-0.4, -0.2) is 19.0 Å². The lowest BCUT2D eigenvalue weighted by atomic mass is 10.2. The number of nitrogens with one attached hydrogen (secondary N) is 2. The molecule has 0 saturated carbocycles. The number of rotatable bonds is 5. The van der Waals surface area contributed by atoms with Crippen molar-refractivity contribution in [3.05, 3.63) is 70.4 Å². The van der Waals surface area contributed by atoms with Gasteiger partial charge in [-0.2, -0.15) is 18.4 Å². The molecule has 0 heterocycles. The minimum atomic E-state index is -4.69. The van der Waals surface area contributed by atoms with Gasteiger partial charge in [-0.15, -0.1) is 0 Å². The summed E-state index contributed by atoms with van der Waals surface area (Å²) in [6.45, 7) is 0. The smallest absolute Gasteiger partial charge is 0.417 e. The average molecular weight is 424 g/mol. The molecule has 0 spiro atoms. The van der Waals surface area contributed by atoms with Crippen molar-refractivity contribution in [3.63, 3.8) is 0 Å². The van der Waals surface area contributed by atoms with Crippen molar-refractivity contribution in [1.29, 1.82) is 5.26 Å². The third-order valence-electron chi connectivity index (χ3n) is 3.58. The zero-order valence-corrected chi connectivity index (χ0v) is 15.6. The first-order chi connectivity index (χ1) is 13.7. The minimum absolute atomic E-state index is 0.171. The number of benzene rings is 2. The van der Waals surface area contributed by atoms with Crippen molar-refractivity contribution in [1.82, 2.24) is 0 Å². The quantitative estimate of drug-likeness (QED) is 0.416. The van der Waals surface area contributed by atoms with Crippen LogP contribution in [0.5, 0.6) is 0 Å². The van der Waals surface area contributed by atoms with E-state index < -0.39 is 28.6 Å². The topological polar surface area (TPSA) is 91.2 Å².